The molecule has 3 nitrogen and oxygen atoms in total. The molecule has 1 aromatic carbocycles. The Morgan fingerprint density at radius 2 is 2.12 bits per heavy atom. The van der Waals surface area contributed by atoms with E-state index in [1.165, 1.54) is 6.07 Å². The van der Waals surface area contributed by atoms with Gasteiger partial charge in [0.05, 0.1) is 5.69 Å². The lowest BCUT2D eigenvalue weighted by Gasteiger charge is -2.00. The number of aromatic amines is 1. The summed E-state index contributed by atoms with van der Waals surface area (Å²) in [4.78, 5) is 7.42. The molecule has 1 heterocycles. The highest BCUT2D eigenvalue weighted by Gasteiger charge is 2.08. The fourth-order valence-corrected chi connectivity index (χ4v) is 1.61. The summed E-state index contributed by atoms with van der Waals surface area (Å²) in [5.41, 5.74) is 2.50. The number of rotatable bonds is 3. The minimum atomic E-state index is -0.184. The van der Waals surface area contributed by atoms with Crippen molar-refractivity contribution >= 4 is 5.95 Å². The number of aromatic nitrogens is 2. The van der Waals surface area contributed by atoms with E-state index in [4.69, 9.17) is 0 Å². The molecule has 4 heteroatoms. The van der Waals surface area contributed by atoms with Gasteiger partial charge in [0.25, 0.3) is 0 Å². The number of H-pyrrole nitrogens is 1. The summed E-state index contributed by atoms with van der Waals surface area (Å²) in [6, 6.07) is 6.77. The van der Waals surface area contributed by atoms with Crippen molar-refractivity contribution < 1.29 is 4.39 Å². The van der Waals surface area contributed by atoms with E-state index < -0.39 is 0 Å². The molecular weight excluding hydrogens is 205 g/mol. The first-order chi connectivity index (χ1) is 7.70. The molecule has 0 aliphatic heterocycles. The zero-order valence-corrected chi connectivity index (χ0v) is 9.34. The van der Waals surface area contributed by atoms with Gasteiger partial charge in [-0.15, -0.1) is 0 Å². The van der Waals surface area contributed by atoms with E-state index in [1.807, 2.05) is 13.0 Å². The zero-order valence-electron chi connectivity index (χ0n) is 9.34. The van der Waals surface area contributed by atoms with E-state index in [0.29, 0.717) is 17.9 Å². The maximum Gasteiger partial charge on any atom is 0.200 e. The minimum absolute atomic E-state index is 0.184. The third-order valence-corrected chi connectivity index (χ3v) is 2.54. The third kappa shape index (κ3) is 2.05. The first-order valence-corrected chi connectivity index (χ1v) is 5.17. The number of aryl methyl sites for hydroxylation is 1. The summed E-state index contributed by atoms with van der Waals surface area (Å²) in [6.45, 7) is 1.93. The second kappa shape index (κ2) is 4.35. The van der Waals surface area contributed by atoms with Crippen LogP contribution in [-0.4, -0.2) is 17.0 Å². The van der Waals surface area contributed by atoms with Gasteiger partial charge < -0.3 is 10.3 Å². The monoisotopic (exact) mass is 219 g/mol. The van der Waals surface area contributed by atoms with Gasteiger partial charge in [-0.1, -0.05) is 18.2 Å². The van der Waals surface area contributed by atoms with Crippen molar-refractivity contribution in [2.24, 2.45) is 0 Å². The lowest BCUT2D eigenvalue weighted by atomic mass is 10.1. The Morgan fingerprint density at radius 1 is 1.38 bits per heavy atom. The molecule has 0 amide bonds. The predicted molar refractivity (Wildman–Crippen MR) is 62.1 cm³/mol. The molecule has 0 fully saturated rings. The van der Waals surface area contributed by atoms with Crippen LogP contribution < -0.4 is 5.32 Å². The molecule has 2 N–H and O–H groups in total. The number of imidazole rings is 1. The van der Waals surface area contributed by atoms with Crippen LogP contribution in [-0.2, 0) is 6.42 Å². The van der Waals surface area contributed by atoms with Crippen molar-refractivity contribution in [2.75, 3.05) is 12.4 Å². The van der Waals surface area contributed by atoms with E-state index in [0.717, 1.165) is 11.4 Å². The lowest BCUT2D eigenvalue weighted by Crippen LogP contribution is -1.95. The number of nitrogens with zero attached hydrogens (tertiary/aromatic N) is 1. The molecule has 0 saturated carbocycles. The van der Waals surface area contributed by atoms with Crippen LogP contribution in [0.5, 0.6) is 0 Å². The second-order valence-corrected chi connectivity index (χ2v) is 3.68. The molecule has 0 atom stereocenters. The average molecular weight is 219 g/mol. The molecule has 0 radical (unpaired) electrons. The van der Waals surface area contributed by atoms with E-state index in [-0.39, 0.29) is 5.82 Å². The van der Waals surface area contributed by atoms with Crippen molar-refractivity contribution in [3.63, 3.8) is 0 Å². The molecule has 84 valence electrons. The van der Waals surface area contributed by atoms with Gasteiger partial charge in [0.2, 0.25) is 0 Å². The van der Waals surface area contributed by atoms with Crippen LogP contribution in [0.25, 0.3) is 0 Å². The fourth-order valence-electron chi connectivity index (χ4n) is 1.61. The quantitative estimate of drug-likeness (QED) is 0.832. The first-order valence-electron chi connectivity index (χ1n) is 5.17. The maximum atomic E-state index is 13.4. The van der Waals surface area contributed by atoms with Gasteiger partial charge in [-0.25, -0.2) is 9.37 Å². The molecule has 0 saturated heterocycles. The number of benzene rings is 1. The first kappa shape index (κ1) is 10.7. The summed E-state index contributed by atoms with van der Waals surface area (Å²) in [7, 11) is 1.80. The molecule has 2 aromatic rings. The lowest BCUT2D eigenvalue weighted by molar-refractivity contribution is 0.613. The van der Waals surface area contributed by atoms with Crippen molar-refractivity contribution in [2.45, 2.75) is 13.3 Å². The molecule has 2 rings (SSSR count). The topological polar surface area (TPSA) is 40.7 Å². The second-order valence-electron chi connectivity index (χ2n) is 3.68. The Morgan fingerprint density at radius 3 is 2.75 bits per heavy atom. The van der Waals surface area contributed by atoms with E-state index in [1.54, 1.807) is 19.2 Å². The summed E-state index contributed by atoms with van der Waals surface area (Å²) in [5.74, 6) is 0.528. The van der Waals surface area contributed by atoms with Crippen LogP contribution in [0.1, 0.15) is 17.0 Å². The smallest absolute Gasteiger partial charge is 0.200 e. The summed E-state index contributed by atoms with van der Waals surface area (Å²) >= 11 is 0. The van der Waals surface area contributed by atoms with Gasteiger partial charge in [-0.2, -0.15) is 0 Å². The van der Waals surface area contributed by atoms with Crippen molar-refractivity contribution in [1.29, 1.82) is 0 Å². The van der Waals surface area contributed by atoms with Gasteiger partial charge in [0, 0.05) is 19.2 Å². The minimum Gasteiger partial charge on any atom is -0.359 e. The van der Waals surface area contributed by atoms with Gasteiger partial charge >= 0.3 is 0 Å². The standard InChI is InChI=1S/C12H14FN3/c1-8-11(16-12(14-2)15-8)7-9-5-3-4-6-10(9)13/h3-6H,7H2,1-2H3,(H2,14,15,16). The number of nitrogens with one attached hydrogen (secondary N) is 2. The van der Waals surface area contributed by atoms with Crippen LogP contribution in [0.3, 0.4) is 0 Å². The molecule has 0 aliphatic carbocycles. The molecule has 0 unspecified atom stereocenters. The van der Waals surface area contributed by atoms with Gasteiger partial charge in [0.1, 0.15) is 5.82 Å². The van der Waals surface area contributed by atoms with Crippen LogP contribution in [0, 0.1) is 12.7 Å². The Balaban J connectivity index is 2.27. The van der Waals surface area contributed by atoms with Crippen molar-refractivity contribution in [3.05, 3.63) is 47.0 Å². The largest absolute Gasteiger partial charge is 0.359 e. The summed E-state index contributed by atoms with van der Waals surface area (Å²) < 4.78 is 13.4. The Bertz CT molecular complexity index is 491. The average Bonchev–Trinajstić information content (AvgIpc) is 2.63. The highest BCUT2D eigenvalue weighted by molar-refractivity contribution is 5.33. The number of hydrogen-bond acceptors (Lipinski definition) is 2. The van der Waals surface area contributed by atoms with Gasteiger partial charge in [-0.05, 0) is 18.6 Å². The molecule has 0 aliphatic rings. The molecule has 0 spiro atoms. The highest BCUT2D eigenvalue weighted by atomic mass is 19.1. The van der Waals surface area contributed by atoms with E-state index in [9.17, 15) is 4.39 Å². The zero-order chi connectivity index (χ0) is 11.5. The molecule has 0 bridgehead atoms. The van der Waals surface area contributed by atoms with Crippen LogP contribution in [0.2, 0.25) is 0 Å². The molecule has 1 aromatic heterocycles. The summed E-state index contributed by atoms with van der Waals surface area (Å²) in [6.07, 6.45) is 0.511. The Kier molecular flexibility index (Phi) is 2.90. The molecular formula is C12H14FN3. The van der Waals surface area contributed by atoms with Gasteiger partial charge in [-0.3, -0.25) is 0 Å². The number of anilines is 1. The SMILES string of the molecule is CNc1nc(Cc2ccccc2F)c(C)[nH]1. The van der Waals surface area contributed by atoms with E-state index >= 15 is 0 Å². The Hall–Kier alpha value is -1.84. The van der Waals surface area contributed by atoms with Crippen LogP contribution >= 0.6 is 0 Å². The van der Waals surface area contributed by atoms with E-state index in [2.05, 4.69) is 15.3 Å². The summed E-state index contributed by atoms with van der Waals surface area (Å²) in [5, 5.41) is 2.93. The van der Waals surface area contributed by atoms with Gasteiger partial charge in [0.15, 0.2) is 5.95 Å². The highest BCUT2D eigenvalue weighted by Crippen LogP contribution is 2.15. The van der Waals surface area contributed by atoms with Crippen molar-refractivity contribution in [3.8, 4) is 0 Å². The number of hydrogen-bond donors (Lipinski definition) is 2. The normalized spacial score (nSPS) is 10.4. The van der Waals surface area contributed by atoms with Crippen LogP contribution in [0.15, 0.2) is 24.3 Å². The molecule has 16 heavy (non-hydrogen) atoms. The van der Waals surface area contributed by atoms with Crippen molar-refractivity contribution in [1.82, 2.24) is 9.97 Å². The number of halogens is 1. The van der Waals surface area contributed by atoms with Crippen LogP contribution in [0.4, 0.5) is 10.3 Å². The third-order valence-electron chi connectivity index (χ3n) is 2.54. The fraction of sp³-hybridized carbons (Fsp3) is 0.250. The maximum absolute atomic E-state index is 13.4. The Labute approximate surface area is 93.7 Å². The predicted octanol–water partition coefficient (Wildman–Crippen LogP) is 2.49.